The summed E-state index contributed by atoms with van der Waals surface area (Å²) in [6.07, 6.45) is 4.94. The SMILES string of the molecule is COc1ccc(S(=O)(=O)N(CC(=O)N2CCC(COc3ccc(S(=O)(=O)N(CC(=O)N4CCCCCC4)c4cc(OC)ccc4OC)cc3)CC2)c2cc(OC)ccc2OC)cc1. The number of amides is 2. The molecule has 16 nitrogen and oxygen atoms in total. The summed E-state index contributed by atoms with van der Waals surface area (Å²) in [4.78, 5) is 30.8. The van der Waals surface area contributed by atoms with Gasteiger partial charge in [0.2, 0.25) is 11.8 Å². The Hall–Kier alpha value is -5.88. The average molecular weight is 909 g/mol. The molecule has 0 N–H and O–H groups in total. The monoisotopic (exact) mass is 908 g/mol. The molecule has 4 aromatic rings. The number of carbonyl (C=O) groups is 2. The van der Waals surface area contributed by atoms with Gasteiger partial charge in [0.1, 0.15) is 47.6 Å². The molecule has 2 fully saturated rings. The first-order valence-electron chi connectivity index (χ1n) is 20.7. The van der Waals surface area contributed by atoms with E-state index in [1.54, 1.807) is 52.3 Å². The number of likely N-dealkylation sites (tertiary alicyclic amines) is 2. The number of sulfonamides is 2. The van der Waals surface area contributed by atoms with Gasteiger partial charge < -0.3 is 38.2 Å². The van der Waals surface area contributed by atoms with E-state index in [4.69, 9.17) is 28.4 Å². The summed E-state index contributed by atoms with van der Waals surface area (Å²) in [5, 5.41) is 0. The van der Waals surface area contributed by atoms with Gasteiger partial charge in [0.25, 0.3) is 20.0 Å². The van der Waals surface area contributed by atoms with Crippen molar-refractivity contribution in [3.8, 4) is 34.5 Å². The van der Waals surface area contributed by atoms with Crippen LogP contribution in [0.1, 0.15) is 38.5 Å². The summed E-state index contributed by atoms with van der Waals surface area (Å²) in [6, 6.07) is 21.5. The molecular formula is C45H56N4O12S2. The molecule has 4 aromatic carbocycles. The van der Waals surface area contributed by atoms with Gasteiger partial charge >= 0.3 is 0 Å². The maximum Gasteiger partial charge on any atom is 0.264 e. The van der Waals surface area contributed by atoms with E-state index in [-0.39, 0.29) is 50.4 Å². The van der Waals surface area contributed by atoms with E-state index in [0.717, 1.165) is 34.3 Å². The third kappa shape index (κ3) is 11.0. The molecule has 0 bridgehead atoms. The molecule has 18 heteroatoms. The zero-order valence-corrected chi connectivity index (χ0v) is 38.0. The van der Waals surface area contributed by atoms with Gasteiger partial charge in [-0.15, -0.1) is 0 Å². The van der Waals surface area contributed by atoms with Gasteiger partial charge in [-0.05, 0) is 104 Å². The number of hydrogen-bond acceptors (Lipinski definition) is 12. The van der Waals surface area contributed by atoms with Crippen molar-refractivity contribution in [1.82, 2.24) is 9.80 Å². The van der Waals surface area contributed by atoms with E-state index in [1.165, 1.54) is 78.0 Å². The fraction of sp³-hybridized carbons (Fsp3) is 0.422. The first kappa shape index (κ1) is 46.6. The molecule has 63 heavy (non-hydrogen) atoms. The first-order valence-corrected chi connectivity index (χ1v) is 23.6. The summed E-state index contributed by atoms with van der Waals surface area (Å²) >= 11 is 0. The second kappa shape index (κ2) is 21.0. The minimum atomic E-state index is -4.29. The normalized spacial score (nSPS) is 14.9. The Kier molecular flexibility index (Phi) is 15.5. The van der Waals surface area contributed by atoms with E-state index in [1.807, 2.05) is 0 Å². The molecule has 2 saturated heterocycles. The van der Waals surface area contributed by atoms with Gasteiger partial charge in [-0.25, -0.2) is 16.8 Å². The second-order valence-corrected chi connectivity index (χ2v) is 18.9. The predicted molar refractivity (Wildman–Crippen MR) is 237 cm³/mol. The highest BCUT2D eigenvalue weighted by Gasteiger charge is 2.34. The molecule has 0 spiro atoms. The molecule has 0 unspecified atom stereocenters. The lowest BCUT2D eigenvalue weighted by atomic mass is 9.98. The van der Waals surface area contributed by atoms with Crippen LogP contribution in [0.25, 0.3) is 0 Å². The molecule has 0 aromatic heterocycles. The van der Waals surface area contributed by atoms with Crippen molar-refractivity contribution >= 4 is 43.2 Å². The Morgan fingerprint density at radius 2 is 0.921 bits per heavy atom. The number of benzene rings is 4. The fourth-order valence-electron chi connectivity index (χ4n) is 7.62. The van der Waals surface area contributed by atoms with Crippen LogP contribution in [-0.4, -0.2) is 120 Å². The summed E-state index contributed by atoms with van der Waals surface area (Å²) in [7, 11) is -1.26. The Morgan fingerprint density at radius 3 is 1.33 bits per heavy atom. The number of rotatable bonds is 18. The topological polar surface area (TPSA) is 171 Å². The Bertz CT molecular complexity index is 2400. The fourth-order valence-corrected chi connectivity index (χ4v) is 10.5. The molecule has 2 amide bonds. The van der Waals surface area contributed by atoms with Gasteiger partial charge in [0.05, 0.1) is 63.3 Å². The highest BCUT2D eigenvalue weighted by molar-refractivity contribution is 7.93. The molecule has 2 aliphatic heterocycles. The Morgan fingerprint density at radius 1 is 0.524 bits per heavy atom. The molecule has 2 heterocycles. The van der Waals surface area contributed by atoms with Crippen molar-refractivity contribution in [2.75, 3.05) is 90.0 Å². The van der Waals surface area contributed by atoms with Crippen molar-refractivity contribution in [2.45, 2.75) is 48.3 Å². The van der Waals surface area contributed by atoms with E-state index in [9.17, 15) is 26.4 Å². The van der Waals surface area contributed by atoms with Crippen LogP contribution in [0.15, 0.2) is 94.7 Å². The third-order valence-electron chi connectivity index (χ3n) is 11.3. The molecule has 0 atom stereocenters. The van der Waals surface area contributed by atoms with Crippen LogP contribution in [0.3, 0.4) is 0 Å². The zero-order chi connectivity index (χ0) is 45.1. The number of ether oxygens (including phenoxy) is 6. The maximum atomic E-state index is 14.4. The molecule has 6 rings (SSSR count). The lowest BCUT2D eigenvalue weighted by Gasteiger charge is -2.34. The molecule has 0 saturated carbocycles. The molecule has 0 aliphatic carbocycles. The predicted octanol–water partition coefficient (Wildman–Crippen LogP) is 5.84. The van der Waals surface area contributed by atoms with Crippen molar-refractivity contribution in [3.63, 3.8) is 0 Å². The van der Waals surface area contributed by atoms with E-state index in [2.05, 4.69) is 0 Å². The summed E-state index contributed by atoms with van der Waals surface area (Å²) < 4.78 is 92.4. The number of anilines is 2. The van der Waals surface area contributed by atoms with Crippen LogP contribution in [0.2, 0.25) is 0 Å². The van der Waals surface area contributed by atoms with Crippen LogP contribution in [0.5, 0.6) is 34.5 Å². The minimum absolute atomic E-state index is 0.0322. The highest BCUT2D eigenvalue weighted by atomic mass is 32.2. The summed E-state index contributed by atoms with van der Waals surface area (Å²) in [5.41, 5.74) is 0.328. The lowest BCUT2D eigenvalue weighted by Crippen LogP contribution is -2.46. The quantitative estimate of drug-likeness (QED) is 0.117. The molecule has 0 radical (unpaired) electrons. The molecule has 2 aliphatic rings. The van der Waals surface area contributed by atoms with E-state index in [0.29, 0.717) is 68.6 Å². The molecule has 340 valence electrons. The maximum absolute atomic E-state index is 14.4. The first-order chi connectivity index (χ1) is 30.3. The number of nitrogens with zero attached hydrogens (tertiary/aromatic N) is 4. The van der Waals surface area contributed by atoms with Gasteiger partial charge in [-0.3, -0.25) is 18.2 Å². The van der Waals surface area contributed by atoms with E-state index < -0.39 is 33.1 Å². The Labute approximate surface area is 370 Å². The van der Waals surface area contributed by atoms with Crippen LogP contribution < -0.4 is 37.0 Å². The van der Waals surface area contributed by atoms with Gasteiger partial charge in [0, 0.05) is 38.3 Å². The van der Waals surface area contributed by atoms with Crippen molar-refractivity contribution in [1.29, 1.82) is 0 Å². The average Bonchev–Trinajstić information content (AvgIpc) is 3.61. The highest BCUT2D eigenvalue weighted by Crippen LogP contribution is 2.38. The zero-order valence-electron chi connectivity index (χ0n) is 36.4. The summed E-state index contributed by atoms with van der Waals surface area (Å²) in [5.74, 6) is 1.61. The molecular weight excluding hydrogens is 853 g/mol. The van der Waals surface area contributed by atoms with Gasteiger partial charge in [-0.2, -0.15) is 0 Å². The summed E-state index contributed by atoms with van der Waals surface area (Å²) in [6.45, 7) is 1.28. The standard InChI is InChI=1S/C45H56N4O12S2/c1-56-34-10-16-38(17-11-34)62(52,53)49(41-29-37(58-3)15-21-43(41)60-5)31-45(51)47-26-22-33(23-27-47)32-61-35-12-18-39(19-13-35)63(54,55)48(30-44(50)46-24-8-6-7-9-25-46)40-28-36(57-2)14-20-42(40)59-4/h10-21,28-29,33H,6-9,22-27,30-32H2,1-5H3. The number of hydrogen-bond donors (Lipinski definition) is 0. The van der Waals surface area contributed by atoms with Crippen LogP contribution >= 0.6 is 0 Å². The number of carbonyl (C=O) groups excluding carboxylic acids is 2. The smallest absolute Gasteiger partial charge is 0.264 e. The van der Waals surface area contributed by atoms with Gasteiger partial charge in [-0.1, -0.05) is 12.8 Å². The van der Waals surface area contributed by atoms with E-state index >= 15 is 0 Å². The largest absolute Gasteiger partial charge is 0.497 e. The third-order valence-corrected chi connectivity index (χ3v) is 14.9. The Balaban J connectivity index is 1.12. The number of piperidine rings is 1. The minimum Gasteiger partial charge on any atom is -0.497 e. The lowest BCUT2D eigenvalue weighted by molar-refractivity contribution is -0.131. The van der Waals surface area contributed by atoms with Crippen molar-refractivity contribution in [3.05, 3.63) is 84.9 Å². The van der Waals surface area contributed by atoms with Crippen LogP contribution in [-0.2, 0) is 29.6 Å². The van der Waals surface area contributed by atoms with Crippen molar-refractivity contribution < 1.29 is 54.8 Å². The van der Waals surface area contributed by atoms with Crippen LogP contribution in [0, 0.1) is 5.92 Å². The van der Waals surface area contributed by atoms with Crippen LogP contribution in [0.4, 0.5) is 11.4 Å². The van der Waals surface area contributed by atoms with Gasteiger partial charge in [0.15, 0.2) is 0 Å². The number of methoxy groups -OCH3 is 5. The second-order valence-electron chi connectivity index (χ2n) is 15.2. The van der Waals surface area contributed by atoms with Crippen molar-refractivity contribution in [2.24, 2.45) is 5.92 Å².